The predicted molar refractivity (Wildman–Crippen MR) is 92.6 cm³/mol. The molecule has 0 bridgehead atoms. The summed E-state index contributed by atoms with van der Waals surface area (Å²) in [4.78, 5) is 27.1. The third kappa shape index (κ3) is 4.21. The number of aromatic nitrogens is 1. The minimum absolute atomic E-state index is 0.248. The second-order valence-electron chi connectivity index (χ2n) is 5.71. The smallest absolute Gasteiger partial charge is 0.286 e. The molecule has 0 radical (unpaired) electrons. The molecule has 6 heteroatoms. The highest BCUT2D eigenvalue weighted by Crippen LogP contribution is 2.23. The molecule has 1 aliphatic heterocycles. The fourth-order valence-electron chi connectivity index (χ4n) is 2.59. The highest BCUT2D eigenvalue weighted by atomic mass is 32.2. The van der Waals surface area contributed by atoms with Crippen molar-refractivity contribution in [3.8, 4) is 0 Å². The predicted octanol–water partition coefficient (Wildman–Crippen LogP) is 2.64. The second kappa shape index (κ2) is 7.59. The van der Waals surface area contributed by atoms with Crippen molar-refractivity contribution >= 4 is 22.9 Å². The summed E-state index contributed by atoms with van der Waals surface area (Å²) in [6.07, 6.45) is 3.07. The van der Waals surface area contributed by atoms with Crippen LogP contribution in [0.2, 0.25) is 0 Å². The van der Waals surface area contributed by atoms with Crippen LogP contribution in [0.25, 0.3) is 0 Å². The van der Waals surface area contributed by atoms with Gasteiger partial charge in [-0.3, -0.25) is 19.9 Å². The number of amides is 2. The van der Waals surface area contributed by atoms with Crippen molar-refractivity contribution in [3.63, 3.8) is 0 Å². The Labute approximate surface area is 144 Å². The monoisotopic (exact) mass is 342 g/mol. The van der Waals surface area contributed by atoms with Crippen molar-refractivity contribution < 1.29 is 14.7 Å². The molecule has 5 nitrogen and oxygen atoms in total. The minimum atomic E-state index is -0.490. The average Bonchev–Trinajstić information content (AvgIpc) is 2.92. The number of imide groups is 1. The number of thioether (sulfide) groups is 1. The quantitative estimate of drug-likeness (QED) is 0.844. The van der Waals surface area contributed by atoms with Crippen molar-refractivity contribution in [2.75, 3.05) is 0 Å². The van der Waals surface area contributed by atoms with Crippen LogP contribution in [0.15, 0.2) is 48.7 Å². The molecule has 1 aliphatic rings. The third-order valence-corrected chi connectivity index (χ3v) is 4.92. The van der Waals surface area contributed by atoms with Crippen LogP contribution in [0.3, 0.4) is 0 Å². The lowest BCUT2D eigenvalue weighted by molar-refractivity contribution is -0.118. The molecule has 0 aliphatic carbocycles. The van der Waals surface area contributed by atoms with Gasteiger partial charge in [0.25, 0.3) is 5.24 Å². The standard InChI is InChI=1S/C18H18N2O3S/c21-15(13-4-2-1-3-5-13)9-7-12-6-8-14(19-11-12)10-16-17(22)20-18(23)24-16/h1-6,8,11,15-16,21H,7,9-10H2,(H,20,22,23). The van der Waals surface area contributed by atoms with E-state index in [0.29, 0.717) is 12.8 Å². The Hall–Kier alpha value is -2.18. The van der Waals surface area contributed by atoms with E-state index < -0.39 is 11.4 Å². The number of aliphatic hydroxyl groups excluding tert-OH is 1. The minimum Gasteiger partial charge on any atom is -0.388 e. The van der Waals surface area contributed by atoms with E-state index >= 15 is 0 Å². The number of rotatable bonds is 6. The maximum atomic E-state index is 11.6. The number of aryl methyl sites for hydroxylation is 1. The molecule has 1 aromatic heterocycles. The molecular weight excluding hydrogens is 324 g/mol. The molecule has 2 atom stereocenters. The van der Waals surface area contributed by atoms with Gasteiger partial charge in [-0.2, -0.15) is 0 Å². The number of aliphatic hydroxyl groups is 1. The van der Waals surface area contributed by atoms with E-state index in [2.05, 4.69) is 10.3 Å². The molecule has 2 aromatic rings. The number of pyridine rings is 1. The van der Waals surface area contributed by atoms with Gasteiger partial charge in [0.15, 0.2) is 0 Å². The van der Waals surface area contributed by atoms with Crippen molar-refractivity contribution in [1.29, 1.82) is 0 Å². The van der Waals surface area contributed by atoms with E-state index in [-0.39, 0.29) is 11.1 Å². The maximum absolute atomic E-state index is 11.6. The van der Waals surface area contributed by atoms with Crippen molar-refractivity contribution in [1.82, 2.24) is 10.3 Å². The molecule has 2 amide bonds. The molecule has 1 aromatic carbocycles. The van der Waals surface area contributed by atoms with Crippen LogP contribution in [0.1, 0.15) is 29.3 Å². The Balaban J connectivity index is 1.53. The number of carbonyl (C=O) groups excluding carboxylic acids is 2. The molecule has 0 spiro atoms. The zero-order chi connectivity index (χ0) is 16.9. The second-order valence-corrected chi connectivity index (χ2v) is 6.89. The average molecular weight is 342 g/mol. The summed E-state index contributed by atoms with van der Waals surface area (Å²) in [5, 5.41) is 11.8. The van der Waals surface area contributed by atoms with Crippen LogP contribution >= 0.6 is 11.8 Å². The van der Waals surface area contributed by atoms with Gasteiger partial charge in [-0.05, 0) is 30.0 Å². The summed E-state index contributed by atoms with van der Waals surface area (Å²) >= 11 is 1.01. The summed E-state index contributed by atoms with van der Waals surface area (Å²) < 4.78 is 0. The van der Waals surface area contributed by atoms with Gasteiger partial charge in [0.1, 0.15) is 0 Å². The van der Waals surface area contributed by atoms with Crippen LogP contribution in [-0.2, 0) is 17.6 Å². The number of hydrogen-bond donors (Lipinski definition) is 2. The van der Waals surface area contributed by atoms with E-state index in [1.54, 1.807) is 6.20 Å². The normalized spacial score (nSPS) is 18.5. The van der Waals surface area contributed by atoms with Crippen LogP contribution in [0, 0.1) is 0 Å². The summed E-state index contributed by atoms with van der Waals surface area (Å²) in [5.41, 5.74) is 2.73. The topological polar surface area (TPSA) is 79.3 Å². The number of carbonyl (C=O) groups is 2. The molecule has 1 saturated heterocycles. The largest absolute Gasteiger partial charge is 0.388 e. The molecule has 2 unspecified atom stereocenters. The lowest BCUT2D eigenvalue weighted by Gasteiger charge is -2.11. The summed E-state index contributed by atoms with van der Waals surface area (Å²) in [7, 11) is 0. The molecule has 0 saturated carbocycles. The van der Waals surface area contributed by atoms with Crippen LogP contribution in [0.5, 0.6) is 0 Å². The first-order valence-corrected chi connectivity index (χ1v) is 8.68. The molecule has 3 rings (SSSR count). The van der Waals surface area contributed by atoms with Crippen LogP contribution in [-0.4, -0.2) is 26.5 Å². The zero-order valence-electron chi connectivity index (χ0n) is 13.0. The fraction of sp³-hybridized carbons (Fsp3) is 0.278. The molecule has 124 valence electrons. The van der Waals surface area contributed by atoms with Gasteiger partial charge >= 0.3 is 0 Å². The van der Waals surface area contributed by atoms with Gasteiger partial charge in [-0.25, -0.2) is 0 Å². The Morgan fingerprint density at radius 3 is 2.58 bits per heavy atom. The highest BCUT2D eigenvalue weighted by Gasteiger charge is 2.31. The first-order valence-electron chi connectivity index (χ1n) is 7.80. The van der Waals surface area contributed by atoms with E-state index in [9.17, 15) is 14.7 Å². The zero-order valence-corrected chi connectivity index (χ0v) is 13.8. The van der Waals surface area contributed by atoms with Crippen LogP contribution in [0.4, 0.5) is 4.79 Å². The molecule has 1 fully saturated rings. The first-order chi connectivity index (χ1) is 11.6. The Kier molecular flexibility index (Phi) is 5.27. The summed E-state index contributed by atoms with van der Waals surface area (Å²) in [5.74, 6) is -0.248. The van der Waals surface area contributed by atoms with Crippen LogP contribution < -0.4 is 5.32 Å². The van der Waals surface area contributed by atoms with Gasteiger partial charge in [-0.1, -0.05) is 48.2 Å². The van der Waals surface area contributed by atoms with Gasteiger partial charge in [0, 0.05) is 18.3 Å². The SMILES string of the molecule is O=C1NC(=O)C(Cc2ccc(CCC(O)c3ccccc3)cn2)S1. The summed E-state index contributed by atoms with van der Waals surface area (Å²) in [6, 6.07) is 13.4. The lowest BCUT2D eigenvalue weighted by atomic mass is 10.0. The third-order valence-electron chi connectivity index (χ3n) is 3.94. The van der Waals surface area contributed by atoms with E-state index in [1.807, 2.05) is 42.5 Å². The molecule has 2 N–H and O–H groups in total. The van der Waals surface area contributed by atoms with Gasteiger partial charge < -0.3 is 5.11 Å². The van der Waals surface area contributed by atoms with E-state index in [0.717, 1.165) is 35.0 Å². The maximum Gasteiger partial charge on any atom is 0.286 e. The van der Waals surface area contributed by atoms with Gasteiger partial charge in [0.05, 0.1) is 11.4 Å². The number of nitrogens with one attached hydrogen (secondary N) is 1. The molecule has 2 heterocycles. The molecule has 24 heavy (non-hydrogen) atoms. The van der Waals surface area contributed by atoms with Gasteiger partial charge in [-0.15, -0.1) is 0 Å². The number of benzene rings is 1. The van der Waals surface area contributed by atoms with E-state index in [1.165, 1.54) is 0 Å². The Morgan fingerprint density at radius 2 is 1.96 bits per heavy atom. The van der Waals surface area contributed by atoms with Crippen molar-refractivity contribution in [2.45, 2.75) is 30.6 Å². The molecular formula is C18H18N2O3S. The Bertz CT molecular complexity index is 719. The Morgan fingerprint density at radius 1 is 1.17 bits per heavy atom. The summed E-state index contributed by atoms with van der Waals surface area (Å²) in [6.45, 7) is 0. The number of nitrogens with zero attached hydrogens (tertiary/aromatic N) is 1. The van der Waals surface area contributed by atoms with Crippen molar-refractivity contribution in [2.24, 2.45) is 0 Å². The fourth-order valence-corrected chi connectivity index (χ4v) is 3.42. The number of hydrogen-bond acceptors (Lipinski definition) is 5. The lowest BCUT2D eigenvalue weighted by Crippen LogP contribution is -2.25. The van der Waals surface area contributed by atoms with Crippen molar-refractivity contribution in [3.05, 3.63) is 65.5 Å². The highest BCUT2D eigenvalue weighted by molar-refractivity contribution is 8.15. The first kappa shape index (κ1) is 16.7. The van der Waals surface area contributed by atoms with Gasteiger partial charge in [0.2, 0.25) is 5.91 Å². The van der Waals surface area contributed by atoms with E-state index in [4.69, 9.17) is 0 Å².